The van der Waals surface area contributed by atoms with Gasteiger partial charge in [0.05, 0.1) is 0 Å². The van der Waals surface area contributed by atoms with Crippen molar-refractivity contribution in [3.63, 3.8) is 0 Å². The van der Waals surface area contributed by atoms with Crippen molar-refractivity contribution in [2.75, 3.05) is 0 Å². The highest BCUT2D eigenvalue weighted by molar-refractivity contribution is 5.89. The molecule has 1 fully saturated rings. The van der Waals surface area contributed by atoms with Crippen LogP contribution in [-0.4, -0.2) is 5.78 Å². The van der Waals surface area contributed by atoms with Gasteiger partial charge in [-0.25, -0.2) is 4.39 Å². The first-order chi connectivity index (χ1) is 7.13. The van der Waals surface area contributed by atoms with E-state index in [1.165, 1.54) is 0 Å². The quantitative estimate of drug-likeness (QED) is 0.726. The van der Waals surface area contributed by atoms with Gasteiger partial charge in [-0.1, -0.05) is 19.1 Å². The second-order valence-corrected chi connectivity index (χ2v) is 4.30. The summed E-state index contributed by atoms with van der Waals surface area (Å²) >= 11 is 0. The van der Waals surface area contributed by atoms with Crippen molar-refractivity contribution < 1.29 is 9.18 Å². The lowest BCUT2D eigenvalue weighted by Crippen LogP contribution is -2.34. The molecule has 0 heterocycles. The van der Waals surface area contributed by atoms with Gasteiger partial charge in [-0.15, -0.1) is 0 Å². The highest BCUT2D eigenvalue weighted by Gasteiger charge is 2.39. The largest absolute Gasteiger partial charge is 0.299 e. The molecule has 15 heavy (non-hydrogen) atoms. The normalized spacial score (nSPS) is 25.1. The van der Waals surface area contributed by atoms with Crippen LogP contribution in [-0.2, 0) is 4.79 Å². The van der Waals surface area contributed by atoms with Crippen LogP contribution >= 0.6 is 0 Å². The van der Waals surface area contributed by atoms with Crippen molar-refractivity contribution in [1.29, 1.82) is 0 Å². The Kier molecular flexibility index (Phi) is 2.59. The topological polar surface area (TPSA) is 17.1 Å². The molecular weight excluding hydrogens is 191 g/mol. The molecule has 1 aliphatic carbocycles. The molecule has 1 aliphatic rings. The Labute approximate surface area is 89.3 Å². The van der Waals surface area contributed by atoms with Crippen LogP contribution in [0.25, 0.3) is 0 Å². The third-order valence-corrected chi connectivity index (χ3v) is 3.38. The summed E-state index contributed by atoms with van der Waals surface area (Å²) in [5.41, 5.74) is 1.64. The van der Waals surface area contributed by atoms with Gasteiger partial charge in [-0.2, -0.15) is 0 Å². The average Bonchev–Trinajstić information content (AvgIpc) is 2.19. The van der Waals surface area contributed by atoms with Gasteiger partial charge in [0, 0.05) is 18.3 Å². The average molecular weight is 206 g/mol. The van der Waals surface area contributed by atoms with Gasteiger partial charge >= 0.3 is 0 Å². The summed E-state index contributed by atoms with van der Waals surface area (Å²) in [5.74, 6) is 0.523. The van der Waals surface area contributed by atoms with Gasteiger partial charge in [-0.3, -0.25) is 4.79 Å². The van der Waals surface area contributed by atoms with E-state index in [0.29, 0.717) is 17.8 Å². The Hall–Kier alpha value is -1.18. The lowest BCUT2D eigenvalue weighted by atomic mass is 9.67. The maximum absolute atomic E-state index is 13.3. The molecular formula is C13H15FO. The maximum Gasteiger partial charge on any atom is 0.137 e. The molecule has 0 N–H and O–H groups in total. The maximum atomic E-state index is 13.3. The molecule has 1 nitrogen and oxygen atoms in total. The number of rotatable bonds is 2. The van der Waals surface area contributed by atoms with Crippen LogP contribution in [0.2, 0.25) is 0 Å². The van der Waals surface area contributed by atoms with Crippen molar-refractivity contribution in [1.82, 2.24) is 0 Å². The molecule has 2 unspecified atom stereocenters. The van der Waals surface area contributed by atoms with E-state index in [0.717, 1.165) is 12.0 Å². The Morgan fingerprint density at radius 1 is 1.47 bits per heavy atom. The number of ketones is 1. The molecule has 2 rings (SSSR count). The smallest absolute Gasteiger partial charge is 0.137 e. The molecule has 0 bridgehead atoms. The summed E-state index contributed by atoms with van der Waals surface area (Å²) in [4.78, 5) is 11.3. The molecule has 0 saturated heterocycles. The molecule has 80 valence electrons. The minimum Gasteiger partial charge on any atom is -0.299 e. The van der Waals surface area contributed by atoms with Gasteiger partial charge in [-0.05, 0) is 30.5 Å². The standard InChI is InChI=1S/C13H15FO/c1-3-10-11(7-13(10)15)9-5-4-8(2)12(14)6-9/h4-6,10-11H,3,7H2,1-2H3. The SMILES string of the molecule is CCC1C(=O)CC1c1ccc(C)c(F)c1. The number of Topliss-reactive ketones (excluding diaryl/α,β-unsaturated/α-hetero) is 1. The minimum atomic E-state index is -0.165. The number of benzene rings is 1. The summed E-state index contributed by atoms with van der Waals surface area (Å²) in [7, 11) is 0. The number of halogens is 1. The lowest BCUT2D eigenvalue weighted by Gasteiger charge is -2.34. The Morgan fingerprint density at radius 3 is 2.73 bits per heavy atom. The predicted molar refractivity (Wildman–Crippen MR) is 57.3 cm³/mol. The number of carbonyl (C=O) groups is 1. The van der Waals surface area contributed by atoms with Crippen LogP contribution in [0.4, 0.5) is 4.39 Å². The van der Waals surface area contributed by atoms with Gasteiger partial charge in [0.25, 0.3) is 0 Å². The van der Waals surface area contributed by atoms with E-state index in [-0.39, 0.29) is 17.7 Å². The summed E-state index contributed by atoms with van der Waals surface area (Å²) in [6, 6.07) is 5.31. The first kappa shape index (κ1) is 10.3. The van der Waals surface area contributed by atoms with Crippen LogP contribution in [0.3, 0.4) is 0 Å². The van der Waals surface area contributed by atoms with Gasteiger partial charge in [0.2, 0.25) is 0 Å². The van der Waals surface area contributed by atoms with Gasteiger partial charge in [0.1, 0.15) is 11.6 Å². The number of aryl methyl sites for hydroxylation is 1. The zero-order valence-electron chi connectivity index (χ0n) is 9.09. The molecule has 0 aromatic heterocycles. The van der Waals surface area contributed by atoms with Crippen LogP contribution in [0.1, 0.15) is 36.8 Å². The Balaban J connectivity index is 2.24. The van der Waals surface area contributed by atoms with E-state index in [1.54, 1.807) is 19.1 Å². The monoisotopic (exact) mass is 206 g/mol. The summed E-state index contributed by atoms with van der Waals surface area (Å²) in [6.45, 7) is 3.77. The highest BCUT2D eigenvalue weighted by Crippen LogP contribution is 2.41. The van der Waals surface area contributed by atoms with Crippen LogP contribution < -0.4 is 0 Å². The van der Waals surface area contributed by atoms with Crippen LogP contribution in [0.5, 0.6) is 0 Å². The number of hydrogen-bond acceptors (Lipinski definition) is 1. The second kappa shape index (κ2) is 3.76. The highest BCUT2D eigenvalue weighted by atomic mass is 19.1. The van der Waals surface area contributed by atoms with Crippen molar-refractivity contribution >= 4 is 5.78 Å². The van der Waals surface area contributed by atoms with E-state index < -0.39 is 0 Å². The predicted octanol–water partition coefficient (Wildman–Crippen LogP) is 3.22. The molecule has 2 heteroatoms. The van der Waals surface area contributed by atoms with Crippen molar-refractivity contribution in [2.45, 2.75) is 32.6 Å². The van der Waals surface area contributed by atoms with E-state index in [9.17, 15) is 9.18 Å². The summed E-state index contributed by atoms with van der Waals surface area (Å²) in [5, 5.41) is 0. The third kappa shape index (κ3) is 1.69. The second-order valence-electron chi connectivity index (χ2n) is 4.30. The fraction of sp³-hybridized carbons (Fsp3) is 0.462. The van der Waals surface area contributed by atoms with Crippen molar-refractivity contribution in [3.05, 3.63) is 35.1 Å². The Bertz CT molecular complexity index is 398. The first-order valence-corrected chi connectivity index (χ1v) is 5.42. The Morgan fingerprint density at radius 2 is 2.20 bits per heavy atom. The zero-order chi connectivity index (χ0) is 11.0. The molecule has 1 aromatic rings. The van der Waals surface area contributed by atoms with Crippen molar-refractivity contribution in [3.8, 4) is 0 Å². The number of hydrogen-bond donors (Lipinski definition) is 0. The molecule has 0 aliphatic heterocycles. The van der Waals surface area contributed by atoms with Crippen molar-refractivity contribution in [2.24, 2.45) is 5.92 Å². The van der Waals surface area contributed by atoms with Gasteiger partial charge in [0.15, 0.2) is 0 Å². The molecule has 0 radical (unpaired) electrons. The first-order valence-electron chi connectivity index (χ1n) is 5.42. The third-order valence-electron chi connectivity index (χ3n) is 3.38. The van der Waals surface area contributed by atoms with Crippen LogP contribution in [0, 0.1) is 18.7 Å². The summed E-state index contributed by atoms with van der Waals surface area (Å²) in [6.07, 6.45) is 1.44. The molecule has 1 saturated carbocycles. The van der Waals surface area contributed by atoms with E-state index in [4.69, 9.17) is 0 Å². The lowest BCUT2D eigenvalue weighted by molar-refractivity contribution is -0.131. The number of carbonyl (C=O) groups excluding carboxylic acids is 1. The van der Waals surface area contributed by atoms with E-state index >= 15 is 0 Å². The molecule has 1 aromatic carbocycles. The molecule has 0 spiro atoms. The zero-order valence-corrected chi connectivity index (χ0v) is 9.09. The molecule has 0 amide bonds. The fourth-order valence-corrected chi connectivity index (χ4v) is 2.28. The minimum absolute atomic E-state index is 0.118. The molecule has 2 atom stereocenters. The van der Waals surface area contributed by atoms with E-state index in [1.807, 2.05) is 13.0 Å². The summed E-state index contributed by atoms with van der Waals surface area (Å²) < 4.78 is 13.3. The fourth-order valence-electron chi connectivity index (χ4n) is 2.28. The van der Waals surface area contributed by atoms with Crippen LogP contribution in [0.15, 0.2) is 18.2 Å². The van der Waals surface area contributed by atoms with Gasteiger partial charge < -0.3 is 0 Å². The van der Waals surface area contributed by atoms with E-state index in [2.05, 4.69) is 0 Å².